The van der Waals surface area contributed by atoms with E-state index in [4.69, 9.17) is 4.74 Å². The van der Waals surface area contributed by atoms with E-state index in [0.29, 0.717) is 23.4 Å². The normalized spacial score (nSPS) is 13.7. The summed E-state index contributed by atoms with van der Waals surface area (Å²) < 4.78 is 5.21. The molecule has 0 unspecified atom stereocenters. The summed E-state index contributed by atoms with van der Waals surface area (Å²) in [7, 11) is 1.60. The predicted octanol–water partition coefficient (Wildman–Crippen LogP) is 3.69. The lowest BCUT2D eigenvalue weighted by Crippen LogP contribution is -2.27. The van der Waals surface area contributed by atoms with Gasteiger partial charge < -0.3 is 19.9 Å². The average Bonchev–Trinajstić information content (AvgIpc) is 3.27. The minimum absolute atomic E-state index is 0.0959. The molecule has 1 aliphatic rings. The van der Waals surface area contributed by atoms with Gasteiger partial charge in [-0.15, -0.1) is 0 Å². The third kappa shape index (κ3) is 3.97. The number of methoxy groups -OCH3 is 1. The van der Waals surface area contributed by atoms with Gasteiger partial charge in [0, 0.05) is 42.5 Å². The highest BCUT2D eigenvalue weighted by atomic mass is 16.5. The second-order valence-corrected chi connectivity index (χ2v) is 7.46. The molecule has 6 heteroatoms. The van der Waals surface area contributed by atoms with Crippen molar-refractivity contribution in [2.75, 3.05) is 25.5 Å². The van der Waals surface area contributed by atoms with Gasteiger partial charge in [-0.1, -0.05) is 0 Å². The molecule has 2 N–H and O–H groups in total. The molecule has 1 aromatic heterocycles. The topological polar surface area (TPSA) is 74.4 Å². The Labute approximate surface area is 169 Å². The van der Waals surface area contributed by atoms with E-state index in [9.17, 15) is 9.59 Å². The molecule has 1 amide bonds. The lowest BCUT2D eigenvalue weighted by Gasteiger charge is -2.17. The summed E-state index contributed by atoms with van der Waals surface area (Å²) in [4.78, 5) is 29.8. The zero-order valence-electron chi connectivity index (χ0n) is 16.7. The molecule has 0 aliphatic carbocycles. The number of fused-ring (bicyclic) bond motifs is 1. The fourth-order valence-corrected chi connectivity index (χ4v) is 3.77. The molecule has 4 rings (SSSR count). The Hall–Kier alpha value is -3.28. The van der Waals surface area contributed by atoms with Crippen LogP contribution in [0, 0.1) is 6.92 Å². The highest BCUT2D eigenvalue weighted by Gasteiger charge is 2.19. The number of anilines is 1. The second-order valence-electron chi connectivity index (χ2n) is 7.46. The highest BCUT2D eigenvalue weighted by molar-refractivity contribution is 5.95. The van der Waals surface area contributed by atoms with Gasteiger partial charge >= 0.3 is 0 Å². The minimum atomic E-state index is -0.128. The molecule has 0 spiro atoms. The summed E-state index contributed by atoms with van der Waals surface area (Å²) in [5.41, 5.74) is 3.89. The van der Waals surface area contributed by atoms with Crippen LogP contribution in [0.15, 0.2) is 47.3 Å². The lowest BCUT2D eigenvalue weighted by atomic mass is 10.1. The van der Waals surface area contributed by atoms with Crippen molar-refractivity contribution < 1.29 is 9.53 Å². The van der Waals surface area contributed by atoms with E-state index in [-0.39, 0.29) is 11.5 Å². The summed E-state index contributed by atoms with van der Waals surface area (Å²) in [5.74, 6) is 0.803. The average molecular weight is 391 g/mol. The Morgan fingerprint density at radius 1 is 1.14 bits per heavy atom. The van der Waals surface area contributed by atoms with Crippen LogP contribution in [0.2, 0.25) is 0 Å². The highest BCUT2D eigenvalue weighted by Crippen LogP contribution is 2.21. The molecule has 1 saturated heterocycles. The summed E-state index contributed by atoms with van der Waals surface area (Å²) in [6.45, 7) is 4.06. The van der Waals surface area contributed by atoms with E-state index in [1.54, 1.807) is 7.11 Å². The maximum absolute atomic E-state index is 12.6. The number of hydrogen-bond donors (Lipinski definition) is 2. The largest absolute Gasteiger partial charge is 0.497 e. The van der Waals surface area contributed by atoms with E-state index < -0.39 is 0 Å². The molecule has 1 fully saturated rings. The van der Waals surface area contributed by atoms with Gasteiger partial charge in [0.1, 0.15) is 5.75 Å². The van der Waals surface area contributed by atoms with Crippen LogP contribution in [0.1, 0.15) is 34.3 Å². The minimum Gasteiger partial charge on any atom is -0.497 e. The van der Waals surface area contributed by atoms with Crippen LogP contribution in [0.3, 0.4) is 0 Å². The number of pyridine rings is 1. The van der Waals surface area contributed by atoms with Crippen LogP contribution in [-0.4, -0.2) is 36.0 Å². The van der Waals surface area contributed by atoms with Crippen LogP contribution in [0.25, 0.3) is 10.9 Å². The monoisotopic (exact) mass is 391 g/mol. The van der Waals surface area contributed by atoms with Gasteiger partial charge in [0.2, 0.25) is 0 Å². The number of aryl methyl sites for hydroxylation is 1. The Bertz CT molecular complexity index is 1110. The molecule has 2 aromatic carbocycles. The van der Waals surface area contributed by atoms with Gasteiger partial charge in [-0.3, -0.25) is 9.59 Å². The first-order chi connectivity index (χ1) is 14.0. The molecular weight excluding hydrogens is 366 g/mol. The fraction of sp³-hybridized carbons (Fsp3) is 0.304. The first-order valence-corrected chi connectivity index (χ1v) is 9.89. The number of likely N-dealkylation sites (tertiary alicyclic amines) is 1. The molecule has 3 aromatic rings. The lowest BCUT2D eigenvalue weighted by molar-refractivity contribution is 0.0793. The molecule has 6 nitrogen and oxygen atoms in total. The van der Waals surface area contributed by atoms with Crippen molar-refractivity contribution in [3.05, 3.63) is 69.5 Å². The predicted molar refractivity (Wildman–Crippen MR) is 115 cm³/mol. The van der Waals surface area contributed by atoms with Crippen molar-refractivity contribution >= 4 is 22.5 Å². The molecule has 1 aliphatic heterocycles. The van der Waals surface area contributed by atoms with E-state index in [1.807, 2.05) is 54.3 Å². The standard InChI is InChI=1S/C23H25N3O3/c1-15-11-17(23(28)26-9-3-4-10-26)6-8-20(15)24-14-18-12-16-5-7-19(29-2)13-21(16)25-22(18)27/h5-8,11-13,24H,3-4,9-10,14H2,1-2H3,(H,25,27). The molecule has 0 radical (unpaired) electrons. The van der Waals surface area contributed by atoms with E-state index >= 15 is 0 Å². The smallest absolute Gasteiger partial charge is 0.253 e. The Balaban J connectivity index is 1.50. The van der Waals surface area contributed by atoms with Crippen molar-refractivity contribution in [2.45, 2.75) is 26.3 Å². The fourth-order valence-electron chi connectivity index (χ4n) is 3.77. The van der Waals surface area contributed by atoms with E-state index in [0.717, 1.165) is 48.1 Å². The Morgan fingerprint density at radius 2 is 1.93 bits per heavy atom. The summed E-state index contributed by atoms with van der Waals surface area (Å²) >= 11 is 0. The van der Waals surface area contributed by atoms with E-state index in [1.165, 1.54) is 0 Å². The van der Waals surface area contributed by atoms with Crippen LogP contribution >= 0.6 is 0 Å². The molecule has 2 heterocycles. The van der Waals surface area contributed by atoms with Crippen LogP contribution in [0.4, 0.5) is 5.69 Å². The quantitative estimate of drug-likeness (QED) is 0.696. The molecule has 0 bridgehead atoms. The zero-order valence-corrected chi connectivity index (χ0v) is 16.7. The van der Waals surface area contributed by atoms with Crippen LogP contribution < -0.4 is 15.6 Å². The SMILES string of the molecule is COc1ccc2cc(CNc3ccc(C(=O)N4CCCC4)cc3C)c(=O)[nH]c2c1. The van der Waals surface area contributed by atoms with Crippen molar-refractivity contribution in [1.82, 2.24) is 9.88 Å². The summed E-state index contributed by atoms with van der Waals surface area (Å²) in [6.07, 6.45) is 2.16. The van der Waals surface area contributed by atoms with Crippen molar-refractivity contribution in [2.24, 2.45) is 0 Å². The van der Waals surface area contributed by atoms with Gasteiger partial charge in [-0.25, -0.2) is 0 Å². The number of rotatable bonds is 5. The molecule has 0 saturated carbocycles. The van der Waals surface area contributed by atoms with E-state index in [2.05, 4.69) is 10.3 Å². The number of hydrogen-bond acceptors (Lipinski definition) is 4. The molecule has 29 heavy (non-hydrogen) atoms. The first-order valence-electron chi connectivity index (χ1n) is 9.89. The number of amides is 1. The van der Waals surface area contributed by atoms with Crippen molar-refractivity contribution in [1.29, 1.82) is 0 Å². The molecule has 150 valence electrons. The number of carbonyl (C=O) groups is 1. The number of aromatic nitrogens is 1. The Kier molecular flexibility index (Phi) is 5.25. The number of ether oxygens (including phenoxy) is 1. The first kappa shape index (κ1) is 19.1. The summed E-state index contributed by atoms with van der Waals surface area (Å²) in [6, 6.07) is 13.2. The third-order valence-electron chi connectivity index (χ3n) is 5.47. The number of aromatic amines is 1. The van der Waals surface area contributed by atoms with Gasteiger partial charge in [0.05, 0.1) is 12.6 Å². The van der Waals surface area contributed by atoms with Crippen LogP contribution in [0.5, 0.6) is 5.75 Å². The Morgan fingerprint density at radius 3 is 2.66 bits per heavy atom. The van der Waals surface area contributed by atoms with Gasteiger partial charge in [-0.05, 0) is 67.1 Å². The maximum atomic E-state index is 12.6. The van der Waals surface area contributed by atoms with Crippen LogP contribution in [-0.2, 0) is 6.54 Å². The number of H-pyrrole nitrogens is 1. The number of nitrogens with zero attached hydrogens (tertiary/aromatic N) is 1. The summed E-state index contributed by atoms with van der Waals surface area (Å²) in [5, 5.41) is 4.27. The zero-order chi connectivity index (χ0) is 20.4. The molecule has 0 atom stereocenters. The van der Waals surface area contributed by atoms with Gasteiger partial charge in [-0.2, -0.15) is 0 Å². The number of benzene rings is 2. The second kappa shape index (κ2) is 7.99. The third-order valence-corrected chi connectivity index (χ3v) is 5.47. The number of nitrogens with one attached hydrogen (secondary N) is 2. The van der Waals surface area contributed by atoms with Crippen molar-refractivity contribution in [3.63, 3.8) is 0 Å². The van der Waals surface area contributed by atoms with Gasteiger partial charge in [0.25, 0.3) is 11.5 Å². The van der Waals surface area contributed by atoms with Crippen molar-refractivity contribution in [3.8, 4) is 5.75 Å². The van der Waals surface area contributed by atoms with Gasteiger partial charge in [0.15, 0.2) is 0 Å². The number of carbonyl (C=O) groups excluding carboxylic acids is 1. The molecular formula is C23H25N3O3. The maximum Gasteiger partial charge on any atom is 0.253 e.